The Balaban J connectivity index is 1.71. The minimum absolute atomic E-state index is 0.107. The highest BCUT2D eigenvalue weighted by atomic mass is 28.3. The molecule has 1 spiro atoms. The van der Waals surface area contributed by atoms with Crippen molar-refractivity contribution in [2.24, 2.45) is 5.92 Å². The fraction of sp³-hybridized carbons (Fsp3) is 0.938. The Hall–Kier alpha value is -0.273. The zero-order chi connectivity index (χ0) is 16.3. The third-order valence-electron chi connectivity index (χ3n) is 5.00. The molecule has 5 nitrogen and oxygen atoms in total. The lowest BCUT2D eigenvalue weighted by Gasteiger charge is -2.45. The standard InChI is InChI=1S/C16H28O5Si/c1-15(2)19-11-13(20-15)16(21-14(11)18-3)9-10(12(16)17)7-8-22(4,5)6/h10-11,13-14H,7-9H2,1-6H3/t10?,11-,13+,14-,16?/m1/s1. The van der Waals surface area contributed by atoms with Gasteiger partial charge >= 0.3 is 0 Å². The van der Waals surface area contributed by atoms with Gasteiger partial charge in [-0.3, -0.25) is 4.79 Å². The molecule has 3 fully saturated rings. The molecule has 5 atom stereocenters. The van der Waals surface area contributed by atoms with Crippen molar-refractivity contribution in [2.45, 2.75) is 82.3 Å². The summed E-state index contributed by atoms with van der Waals surface area (Å²) in [5, 5.41) is 0. The van der Waals surface area contributed by atoms with Crippen molar-refractivity contribution in [1.29, 1.82) is 0 Å². The number of ether oxygens (including phenoxy) is 4. The Kier molecular flexibility index (Phi) is 3.85. The number of rotatable bonds is 4. The van der Waals surface area contributed by atoms with Crippen LogP contribution in [0, 0.1) is 5.92 Å². The van der Waals surface area contributed by atoms with E-state index in [1.807, 2.05) is 13.8 Å². The van der Waals surface area contributed by atoms with Crippen molar-refractivity contribution >= 4 is 13.9 Å². The minimum Gasteiger partial charge on any atom is -0.353 e. The molecule has 3 rings (SSSR count). The van der Waals surface area contributed by atoms with E-state index in [0.29, 0.717) is 0 Å². The number of Topliss-reactive ketones (excluding diaryl/α,β-unsaturated/α-hetero) is 1. The normalized spacial score (nSPS) is 43.5. The number of hydrogen-bond acceptors (Lipinski definition) is 5. The molecule has 0 aromatic heterocycles. The van der Waals surface area contributed by atoms with Gasteiger partial charge in [-0.25, -0.2) is 0 Å². The van der Waals surface area contributed by atoms with Gasteiger partial charge in [0.2, 0.25) is 0 Å². The first-order valence-corrected chi connectivity index (χ1v) is 11.9. The first kappa shape index (κ1) is 16.6. The van der Waals surface area contributed by atoms with Crippen molar-refractivity contribution < 1.29 is 23.7 Å². The van der Waals surface area contributed by atoms with Crippen molar-refractivity contribution in [3.05, 3.63) is 0 Å². The summed E-state index contributed by atoms with van der Waals surface area (Å²) in [6.07, 6.45) is 0.522. The quantitative estimate of drug-likeness (QED) is 0.742. The molecule has 2 unspecified atom stereocenters. The van der Waals surface area contributed by atoms with Gasteiger partial charge in [-0.1, -0.05) is 25.7 Å². The first-order chi connectivity index (χ1) is 10.1. The predicted molar refractivity (Wildman–Crippen MR) is 84.3 cm³/mol. The summed E-state index contributed by atoms with van der Waals surface area (Å²) in [5.41, 5.74) is -0.844. The molecule has 2 saturated heterocycles. The van der Waals surface area contributed by atoms with Gasteiger partial charge < -0.3 is 18.9 Å². The molecule has 2 heterocycles. The van der Waals surface area contributed by atoms with E-state index < -0.39 is 25.8 Å². The van der Waals surface area contributed by atoms with Gasteiger partial charge in [-0.15, -0.1) is 0 Å². The average molecular weight is 328 g/mol. The van der Waals surface area contributed by atoms with Crippen molar-refractivity contribution in [2.75, 3.05) is 7.11 Å². The molecular weight excluding hydrogens is 300 g/mol. The van der Waals surface area contributed by atoms with Gasteiger partial charge in [0.1, 0.15) is 12.2 Å². The van der Waals surface area contributed by atoms with Gasteiger partial charge in [0.25, 0.3) is 0 Å². The number of carbonyl (C=O) groups excluding carboxylic acids is 1. The highest BCUT2D eigenvalue weighted by Crippen LogP contribution is 2.54. The Morgan fingerprint density at radius 2 is 1.91 bits per heavy atom. The van der Waals surface area contributed by atoms with Crippen LogP contribution >= 0.6 is 0 Å². The summed E-state index contributed by atoms with van der Waals surface area (Å²) >= 11 is 0. The van der Waals surface area contributed by atoms with Crippen LogP contribution in [-0.4, -0.2) is 50.9 Å². The lowest BCUT2D eigenvalue weighted by atomic mass is 9.65. The highest BCUT2D eigenvalue weighted by Gasteiger charge is 2.71. The first-order valence-electron chi connectivity index (χ1n) is 8.19. The number of methoxy groups -OCH3 is 1. The second-order valence-electron chi connectivity index (χ2n) is 8.50. The summed E-state index contributed by atoms with van der Waals surface area (Å²) in [5.74, 6) is -0.399. The Labute approximate surface area is 133 Å². The lowest BCUT2D eigenvalue weighted by molar-refractivity contribution is -0.259. The number of carbonyl (C=O) groups is 1. The second kappa shape index (κ2) is 5.11. The van der Waals surface area contributed by atoms with Crippen LogP contribution in [-0.2, 0) is 23.7 Å². The van der Waals surface area contributed by atoms with E-state index in [4.69, 9.17) is 18.9 Å². The minimum atomic E-state index is -1.13. The maximum Gasteiger partial charge on any atom is 0.187 e. The van der Waals surface area contributed by atoms with Crippen LogP contribution in [0.25, 0.3) is 0 Å². The van der Waals surface area contributed by atoms with Crippen LogP contribution in [0.4, 0.5) is 0 Å². The SMILES string of the molecule is CO[C@@H]1OC2(CC(CC[Si](C)(C)C)C2=O)[C@H]2OC(C)(C)O[C@@H]12. The van der Waals surface area contributed by atoms with Gasteiger partial charge in [0.15, 0.2) is 23.5 Å². The fourth-order valence-corrected chi connectivity index (χ4v) is 5.06. The van der Waals surface area contributed by atoms with Crippen LogP contribution < -0.4 is 0 Å². The van der Waals surface area contributed by atoms with E-state index in [2.05, 4.69) is 19.6 Å². The summed E-state index contributed by atoms with van der Waals surface area (Å²) in [7, 11) is 0.458. The molecule has 0 aromatic carbocycles. The maximum atomic E-state index is 12.8. The molecule has 0 aromatic rings. The Morgan fingerprint density at radius 3 is 2.45 bits per heavy atom. The van der Waals surface area contributed by atoms with Gasteiger partial charge in [-0.05, 0) is 26.7 Å². The van der Waals surface area contributed by atoms with Gasteiger partial charge in [0.05, 0.1) is 0 Å². The molecule has 1 saturated carbocycles. The number of fused-ring (bicyclic) bond motifs is 2. The maximum absolute atomic E-state index is 12.8. The van der Waals surface area contributed by atoms with E-state index in [0.717, 1.165) is 12.8 Å². The smallest absolute Gasteiger partial charge is 0.187 e. The summed E-state index contributed by atoms with van der Waals surface area (Å²) in [6, 6.07) is 1.17. The molecule has 6 heteroatoms. The zero-order valence-electron chi connectivity index (χ0n) is 14.5. The Morgan fingerprint density at radius 1 is 1.23 bits per heavy atom. The van der Waals surface area contributed by atoms with Gasteiger partial charge in [0, 0.05) is 21.1 Å². The van der Waals surface area contributed by atoms with Gasteiger partial charge in [-0.2, -0.15) is 0 Å². The van der Waals surface area contributed by atoms with Crippen LogP contribution in [0.2, 0.25) is 25.7 Å². The molecule has 0 radical (unpaired) electrons. The molecule has 22 heavy (non-hydrogen) atoms. The molecule has 0 amide bonds. The van der Waals surface area contributed by atoms with E-state index in [9.17, 15) is 4.79 Å². The lowest BCUT2D eigenvalue weighted by Crippen LogP contribution is -2.62. The molecule has 2 aliphatic heterocycles. The van der Waals surface area contributed by atoms with Crippen LogP contribution in [0.5, 0.6) is 0 Å². The molecule has 1 aliphatic carbocycles. The van der Waals surface area contributed by atoms with E-state index in [-0.39, 0.29) is 23.9 Å². The van der Waals surface area contributed by atoms with Crippen LogP contribution in [0.15, 0.2) is 0 Å². The topological polar surface area (TPSA) is 54.0 Å². The van der Waals surface area contributed by atoms with Crippen molar-refractivity contribution in [3.63, 3.8) is 0 Å². The predicted octanol–water partition coefficient (Wildman–Crippen LogP) is 2.57. The fourth-order valence-electron chi connectivity index (χ4n) is 3.85. The largest absolute Gasteiger partial charge is 0.353 e. The van der Waals surface area contributed by atoms with Crippen molar-refractivity contribution in [1.82, 2.24) is 0 Å². The van der Waals surface area contributed by atoms with E-state index >= 15 is 0 Å². The molecular formula is C16H28O5Si. The zero-order valence-corrected chi connectivity index (χ0v) is 15.5. The number of ketones is 1. The van der Waals surface area contributed by atoms with Crippen LogP contribution in [0.1, 0.15) is 26.7 Å². The molecule has 0 bridgehead atoms. The molecule has 126 valence electrons. The van der Waals surface area contributed by atoms with Crippen molar-refractivity contribution in [3.8, 4) is 0 Å². The third-order valence-corrected chi connectivity index (χ3v) is 6.78. The van der Waals surface area contributed by atoms with E-state index in [1.165, 1.54) is 6.04 Å². The second-order valence-corrected chi connectivity index (χ2v) is 14.1. The number of hydrogen-bond donors (Lipinski definition) is 0. The molecule has 0 N–H and O–H groups in total. The third kappa shape index (κ3) is 2.59. The Bertz CT molecular complexity index is 472. The summed E-state index contributed by atoms with van der Waals surface area (Å²) < 4.78 is 23.2. The highest BCUT2D eigenvalue weighted by molar-refractivity contribution is 6.76. The molecule has 3 aliphatic rings. The van der Waals surface area contributed by atoms with Crippen LogP contribution in [0.3, 0.4) is 0 Å². The monoisotopic (exact) mass is 328 g/mol. The van der Waals surface area contributed by atoms with E-state index in [1.54, 1.807) is 7.11 Å². The summed E-state index contributed by atoms with van der Waals surface area (Å²) in [6.45, 7) is 10.8. The average Bonchev–Trinajstić information content (AvgIpc) is 2.85. The summed E-state index contributed by atoms with van der Waals surface area (Å²) in [4.78, 5) is 12.8.